The number of ether oxygens (including phenoxy) is 1. The number of hydrogen-bond acceptors (Lipinski definition) is 5. The molecule has 1 aromatic rings. The lowest BCUT2D eigenvalue weighted by molar-refractivity contribution is -0.151. The molecule has 0 aliphatic rings. The van der Waals surface area contributed by atoms with E-state index in [4.69, 9.17) is 10.5 Å². The van der Waals surface area contributed by atoms with Crippen LogP contribution in [0.5, 0.6) is 0 Å². The highest BCUT2D eigenvalue weighted by Gasteiger charge is 2.47. The Hall–Kier alpha value is -0.950. The largest absolute Gasteiger partial charge is 0.385 e. The highest BCUT2D eigenvalue weighted by atomic mass is 32.2. The predicted molar refractivity (Wildman–Crippen MR) is 102 cm³/mol. The van der Waals surface area contributed by atoms with Crippen LogP contribution in [-0.4, -0.2) is 36.2 Å². The average Bonchev–Trinajstić information content (AvgIpc) is 2.43. The van der Waals surface area contributed by atoms with Gasteiger partial charge in [0.2, 0.25) is 0 Å². The SMILES string of the molecule is CC(C)CC(C(C)(O)C(N)OC(C)(C)C)S(=O)(=O)Cc1ccccc1. The van der Waals surface area contributed by atoms with Crippen LogP contribution in [0.2, 0.25) is 0 Å². The van der Waals surface area contributed by atoms with Crippen LogP contribution in [0.3, 0.4) is 0 Å². The van der Waals surface area contributed by atoms with E-state index in [9.17, 15) is 13.5 Å². The van der Waals surface area contributed by atoms with Crippen LogP contribution in [0, 0.1) is 5.92 Å². The molecule has 0 radical (unpaired) electrons. The second-order valence-electron chi connectivity index (χ2n) is 8.29. The quantitative estimate of drug-likeness (QED) is 0.686. The lowest BCUT2D eigenvalue weighted by Gasteiger charge is -2.40. The van der Waals surface area contributed by atoms with E-state index >= 15 is 0 Å². The van der Waals surface area contributed by atoms with Gasteiger partial charge in [0, 0.05) is 0 Å². The molecule has 0 bridgehead atoms. The van der Waals surface area contributed by atoms with E-state index in [1.807, 2.05) is 40.7 Å². The van der Waals surface area contributed by atoms with Crippen molar-refractivity contribution in [3.63, 3.8) is 0 Å². The number of hydrogen-bond donors (Lipinski definition) is 2. The molecule has 0 amide bonds. The van der Waals surface area contributed by atoms with Crippen molar-refractivity contribution in [2.75, 3.05) is 0 Å². The Morgan fingerprint density at radius 1 is 1.12 bits per heavy atom. The monoisotopic (exact) mass is 371 g/mol. The third kappa shape index (κ3) is 6.70. The molecule has 0 saturated heterocycles. The fourth-order valence-electron chi connectivity index (χ4n) is 2.77. The molecular weight excluding hydrogens is 338 g/mol. The fraction of sp³-hybridized carbons (Fsp3) is 0.684. The summed E-state index contributed by atoms with van der Waals surface area (Å²) in [5, 5.41) is 10.0. The third-order valence-electron chi connectivity index (χ3n) is 4.04. The second kappa shape index (κ2) is 8.16. The van der Waals surface area contributed by atoms with E-state index in [1.165, 1.54) is 6.92 Å². The summed E-state index contributed by atoms with van der Waals surface area (Å²) < 4.78 is 31.8. The summed E-state index contributed by atoms with van der Waals surface area (Å²) in [7, 11) is -3.64. The van der Waals surface area contributed by atoms with Crippen molar-refractivity contribution < 1.29 is 18.3 Å². The van der Waals surface area contributed by atoms with Crippen molar-refractivity contribution in [3.8, 4) is 0 Å². The molecule has 0 spiro atoms. The van der Waals surface area contributed by atoms with Gasteiger partial charge in [0.25, 0.3) is 0 Å². The summed E-state index contributed by atoms with van der Waals surface area (Å²) in [6.45, 7) is 10.8. The molecule has 0 fully saturated rings. The molecule has 144 valence electrons. The van der Waals surface area contributed by atoms with Gasteiger partial charge in [-0.25, -0.2) is 8.42 Å². The second-order valence-corrected chi connectivity index (χ2v) is 10.5. The van der Waals surface area contributed by atoms with Crippen molar-refractivity contribution in [2.24, 2.45) is 11.7 Å². The topological polar surface area (TPSA) is 89.6 Å². The standard InChI is InChI=1S/C19H33NO4S/c1-14(2)12-16(19(6,21)17(20)24-18(3,4)5)25(22,23)13-15-10-8-7-9-11-15/h7-11,14,16-17,21H,12-13,20H2,1-6H3. The molecule has 0 saturated carbocycles. The van der Waals surface area contributed by atoms with E-state index in [2.05, 4.69) is 0 Å². The Morgan fingerprint density at radius 2 is 1.64 bits per heavy atom. The van der Waals surface area contributed by atoms with Gasteiger partial charge in [0.15, 0.2) is 9.84 Å². The van der Waals surface area contributed by atoms with Gasteiger partial charge in [0.05, 0.1) is 16.6 Å². The molecule has 0 aromatic heterocycles. The Labute approximate surface area is 152 Å². The van der Waals surface area contributed by atoms with Gasteiger partial charge in [-0.05, 0) is 45.6 Å². The number of aliphatic hydroxyl groups is 1. The summed E-state index contributed by atoms with van der Waals surface area (Å²) in [5.41, 5.74) is 4.47. The van der Waals surface area contributed by atoms with Gasteiger partial charge in [-0.2, -0.15) is 0 Å². The molecule has 0 aliphatic heterocycles. The first-order valence-electron chi connectivity index (χ1n) is 8.67. The Balaban J connectivity index is 3.17. The van der Waals surface area contributed by atoms with Crippen LogP contribution in [0.4, 0.5) is 0 Å². The number of sulfone groups is 1. The Kier molecular flexibility index (Phi) is 7.21. The molecule has 5 nitrogen and oxygen atoms in total. The smallest absolute Gasteiger partial charge is 0.160 e. The summed E-state index contributed by atoms with van der Waals surface area (Å²) in [6, 6.07) is 8.98. The zero-order valence-electron chi connectivity index (χ0n) is 16.2. The van der Waals surface area contributed by atoms with Crippen LogP contribution in [0.1, 0.15) is 53.5 Å². The highest BCUT2D eigenvalue weighted by Crippen LogP contribution is 2.31. The normalized spacial score (nSPS) is 18.0. The minimum Gasteiger partial charge on any atom is -0.385 e. The molecule has 6 heteroatoms. The molecule has 0 heterocycles. The van der Waals surface area contributed by atoms with Crippen LogP contribution in [0.25, 0.3) is 0 Å². The first-order valence-corrected chi connectivity index (χ1v) is 10.4. The van der Waals surface area contributed by atoms with Gasteiger partial charge in [0.1, 0.15) is 11.8 Å². The van der Waals surface area contributed by atoms with Crippen LogP contribution in [0.15, 0.2) is 30.3 Å². The van der Waals surface area contributed by atoms with E-state index < -0.39 is 32.5 Å². The molecule has 1 rings (SSSR count). The summed E-state index contributed by atoms with van der Waals surface area (Å²) >= 11 is 0. The maximum Gasteiger partial charge on any atom is 0.160 e. The first-order chi connectivity index (χ1) is 11.3. The fourth-order valence-corrected chi connectivity index (χ4v) is 5.16. The van der Waals surface area contributed by atoms with Gasteiger partial charge in [-0.1, -0.05) is 44.2 Å². The maximum absolute atomic E-state index is 13.1. The van der Waals surface area contributed by atoms with Gasteiger partial charge in [-0.3, -0.25) is 0 Å². The van der Waals surface area contributed by atoms with Crippen molar-refractivity contribution in [3.05, 3.63) is 35.9 Å². The molecule has 0 aliphatic carbocycles. The summed E-state index contributed by atoms with van der Waals surface area (Å²) in [5.74, 6) is -0.0484. The van der Waals surface area contributed by atoms with Crippen molar-refractivity contribution in [1.82, 2.24) is 0 Å². The van der Waals surface area contributed by atoms with Crippen LogP contribution < -0.4 is 5.73 Å². The molecular formula is C19H33NO4S. The molecule has 3 unspecified atom stereocenters. The molecule has 1 aromatic carbocycles. The van der Waals surface area contributed by atoms with Gasteiger partial charge >= 0.3 is 0 Å². The van der Waals surface area contributed by atoms with Gasteiger partial charge < -0.3 is 15.6 Å². The minimum atomic E-state index is -3.64. The number of rotatable bonds is 8. The van der Waals surface area contributed by atoms with E-state index in [-0.39, 0.29) is 11.7 Å². The first kappa shape index (κ1) is 22.1. The van der Waals surface area contributed by atoms with Crippen LogP contribution >= 0.6 is 0 Å². The Morgan fingerprint density at radius 3 is 2.08 bits per heavy atom. The van der Waals surface area contributed by atoms with Crippen molar-refractivity contribution in [1.29, 1.82) is 0 Å². The number of benzene rings is 1. The summed E-state index contributed by atoms with van der Waals surface area (Å²) in [6.07, 6.45) is -0.801. The highest BCUT2D eigenvalue weighted by molar-refractivity contribution is 7.91. The summed E-state index contributed by atoms with van der Waals surface area (Å²) in [4.78, 5) is 0. The molecule has 25 heavy (non-hydrogen) atoms. The average molecular weight is 372 g/mol. The lowest BCUT2D eigenvalue weighted by Crippen LogP contribution is -2.59. The van der Waals surface area contributed by atoms with Crippen LogP contribution in [-0.2, 0) is 20.3 Å². The lowest BCUT2D eigenvalue weighted by atomic mass is 9.92. The Bertz CT molecular complexity index is 633. The van der Waals surface area contributed by atoms with E-state index in [0.717, 1.165) is 0 Å². The zero-order valence-corrected chi connectivity index (χ0v) is 17.0. The van der Waals surface area contributed by atoms with Gasteiger partial charge in [-0.15, -0.1) is 0 Å². The molecule has 3 N–H and O–H groups in total. The predicted octanol–water partition coefficient (Wildman–Crippen LogP) is 2.87. The molecule has 3 atom stereocenters. The van der Waals surface area contributed by atoms with Crippen molar-refractivity contribution >= 4 is 9.84 Å². The van der Waals surface area contributed by atoms with E-state index in [0.29, 0.717) is 12.0 Å². The van der Waals surface area contributed by atoms with E-state index in [1.54, 1.807) is 24.3 Å². The zero-order chi connectivity index (χ0) is 19.5. The minimum absolute atomic E-state index is 0.0869. The maximum atomic E-state index is 13.1. The third-order valence-corrected chi connectivity index (χ3v) is 6.31. The number of nitrogens with two attached hydrogens (primary N) is 1. The van der Waals surface area contributed by atoms with Crippen molar-refractivity contribution in [2.45, 2.75) is 76.4 Å².